The molecule has 0 saturated heterocycles. The van der Waals surface area contributed by atoms with Crippen LogP contribution in [0, 0.1) is 6.92 Å². The standard InChI is InChI=1S/C20H16N4O/c1-13-16(11-22-20(23-13)25-2)14-7-9-15(10-8-14)19-12-21-17-5-3-4-6-18(17)24-19/h3-12H,1-2H3. The van der Waals surface area contributed by atoms with E-state index in [1.807, 2.05) is 55.5 Å². The Kier molecular flexibility index (Phi) is 3.82. The number of hydrogen-bond acceptors (Lipinski definition) is 5. The number of fused-ring (bicyclic) bond motifs is 1. The maximum Gasteiger partial charge on any atom is 0.316 e. The molecule has 2 aromatic heterocycles. The van der Waals surface area contributed by atoms with Crippen LogP contribution >= 0.6 is 0 Å². The number of aromatic nitrogens is 4. The zero-order valence-corrected chi connectivity index (χ0v) is 14.0. The normalized spacial score (nSPS) is 10.8. The van der Waals surface area contributed by atoms with Crippen LogP contribution in [0.4, 0.5) is 0 Å². The Balaban J connectivity index is 1.69. The fourth-order valence-corrected chi connectivity index (χ4v) is 2.74. The van der Waals surface area contributed by atoms with Gasteiger partial charge in [0.15, 0.2) is 0 Å². The number of methoxy groups -OCH3 is 1. The Morgan fingerprint density at radius 1 is 0.760 bits per heavy atom. The van der Waals surface area contributed by atoms with Crippen LogP contribution in [0.15, 0.2) is 60.9 Å². The average molecular weight is 328 g/mol. The van der Waals surface area contributed by atoms with Gasteiger partial charge in [0.1, 0.15) is 0 Å². The molecule has 0 unspecified atom stereocenters. The first kappa shape index (κ1) is 15.2. The monoisotopic (exact) mass is 328 g/mol. The molecular formula is C20H16N4O. The van der Waals surface area contributed by atoms with Crippen LogP contribution in [-0.2, 0) is 0 Å². The van der Waals surface area contributed by atoms with Crippen LogP contribution in [0.2, 0.25) is 0 Å². The Morgan fingerprint density at radius 2 is 1.48 bits per heavy atom. The molecule has 4 rings (SSSR count). The largest absolute Gasteiger partial charge is 0.467 e. The van der Waals surface area contributed by atoms with Crippen molar-refractivity contribution in [2.45, 2.75) is 6.92 Å². The molecule has 0 aliphatic carbocycles. The van der Waals surface area contributed by atoms with Crippen molar-refractivity contribution in [2.24, 2.45) is 0 Å². The van der Waals surface area contributed by atoms with Crippen LogP contribution < -0.4 is 4.74 Å². The van der Waals surface area contributed by atoms with Crippen molar-refractivity contribution in [1.29, 1.82) is 0 Å². The van der Waals surface area contributed by atoms with Gasteiger partial charge in [-0.25, -0.2) is 9.97 Å². The quantitative estimate of drug-likeness (QED) is 0.567. The molecule has 0 aliphatic rings. The number of aryl methyl sites for hydroxylation is 1. The van der Waals surface area contributed by atoms with E-state index in [9.17, 15) is 0 Å². The lowest BCUT2D eigenvalue weighted by atomic mass is 10.0. The third kappa shape index (κ3) is 2.92. The molecule has 0 radical (unpaired) electrons. The molecule has 0 bridgehead atoms. The second kappa shape index (κ2) is 6.28. The Morgan fingerprint density at radius 3 is 2.20 bits per heavy atom. The van der Waals surface area contributed by atoms with Gasteiger partial charge in [-0.15, -0.1) is 0 Å². The summed E-state index contributed by atoms with van der Waals surface area (Å²) in [6.45, 7) is 1.95. The van der Waals surface area contributed by atoms with Gasteiger partial charge in [0.2, 0.25) is 0 Å². The van der Waals surface area contributed by atoms with Crippen LogP contribution in [0.3, 0.4) is 0 Å². The lowest BCUT2D eigenvalue weighted by molar-refractivity contribution is 0.379. The molecule has 5 heteroatoms. The molecule has 0 amide bonds. The molecule has 2 aromatic carbocycles. The predicted octanol–water partition coefficient (Wildman–Crippen LogP) is 4.07. The van der Waals surface area contributed by atoms with Gasteiger partial charge < -0.3 is 4.74 Å². The average Bonchev–Trinajstić information content (AvgIpc) is 2.67. The summed E-state index contributed by atoms with van der Waals surface area (Å²) in [6.07, 6.45) is 3.59. The number of ether oxygens (including phenoxy) is 1. The molecular weight excluding hydrogens is 312 g/mol. The smallest absolute Gasteiger partial charge is 0.316 e. The van der Waals surface area contributed by atoms with E-state index in [1.54, 1.807) is 19.5 Å². The van der Waals surface area contributed by atoms with Gasteiger partial charge in [0.05, 0.1) is 35.7 Å². The first-order chi connectivity index (χ1) is 12.2. The summed E-state index contributed by atoms with van der Waals surface area (Å²) in [4.78, 5) is 17.7. The predicted molar refractivity (Wildman–Crippen MR) is 97.3 cm³/mol. The van der Waals surface area contributed by atoms with Gasteiger partial charge >= 0.3 is 6.01 Å². The molecule has 4 aromatic rings. The highest BCUT2D eigenvalue weighted by Gasteiger charge is 2.08. The number of hydrogen-bond donors (Lipinski definition) is 0. The van der Waals surface area contributed by atoms with E-state index in [4.69, 9.17) is 4.74 Å². The lowest BCUT2D eigenvalue weighted by Crippen LogP contribution is -1.96. The summed E-state index contributed by atoms with van der Waals surface area (Å²) in [6, 6.07) is 16.4. The van der Waals surface area contributed by atoms with E-state index < -0.39 is 0 Å². The minimum atomic E-state index is 0.379. The van der Waals surface area contributed by atoms with E-state index in [0.29, 0.717) is 6.01 Å². The number of benzene rings is 2. The maximum absolute atomic E-state index is 5.06. The van der Waals surface area contributed by atoms with Crippen LogP contribution in [0.5, 0.6) is 6.01 Å². The minimum absolute atomic E-state index is 0.379. The second-order valence-corrected chi connectivity index (χ2v) is 5.68. The summed E-state index contributed by atoms with van der Waals surface area (Å²) < 4.78 is 5.06. The van der Waals surface area contributed by atoms with Gasteiger partial charge in [0, 0.05) is 17.3 Å². The molecule has 0 atom stereocenters. The van der Waals surface area contributed by atoms with Gasteiger partial charge in [-0.1, -0.05) is 36.4 Å². The Hall–Kier alpha value is -3.34. The first-order valence-electron chi connectivity index (χ1n) is 7.95. The van der Waals surface area contributed by atoms with Crippen molar-refractivity contribution >= 4 is 11.0 Å². The van der Waals surface area contributed by atoms with Crippen molar-refractivity contribution in [2.75, 3.05) is 7.11 Å². The van der Waals surface area contributed by atoms with Crippen LogP contribution in [0.25, 0.3) is 33.4 Å². The van der Waals surface area contributed by atoms with E-state index >= 15 is 0 Å². The summed E-state index contributed by atoms with van der Waals surface area (Å²) in [7, 11) is 1.56. The summed E-state index contributed by atoms with van der Waals surface area (Å²) in [5.41, 5.74) is 6.58. The summed E-state index contributed by atoms with van der Waals surface area (Å²) >= 11 is 0. The van der Waals surface area contributed by atoms with Crippen molar-refractivity contribution in [3.8, 4) is 28.4 Å². The topological polar surface area (TPSA) is 60.8 Å². The fraction of sp³-hybridized carbons (Fsp3) is 0.100. The van der Waals surface area contributed by atoms with Gasteiger partial charge in [0.25, 0.3) is 0 Å². The highest BCUT2D eigenvalue weighted by Crippen LogP contribution is 2.26. The van der Waals surface area contributed by atoms with E-state index in [1.165, 1.54) is 0 Å². The third-order valence-electron chi connectivity index (χ3n) is 4.08. The molecule has 2 heterocycles. The van der Waals surface area contributed by atoms with Crippen molar-refractivity contribution in [1.82, 2.24) is 19.9 Å². The zero-order chi connectivity index (χ0) is 17.2. The van der Waals surface area contributed by atoms with Crippen molar-refractivity contribution in [3.05, 3.63) is 66.6 Å². The number of nitrogens with zero attached hydrogens (tertiary/aromatic N) is 4. The van der Waals surface area contributed by atoms with Crippen molar-refractivity contribution in [3.63, 3.8) is 0 Å². The highest BCUT2D eigenvalue weighted by atomic mass is 16.5. The minimum Gasteiger partial charge on any atom is -0.467 e. The van der Waals surface area contributed by atoms with Gasteiger partial charge in [-0.3, -0.25) is 4.98 Å². The molecule has 0 aliphatic heterocycles. The van der Waals surface area contributed by atoms with Crippen molar-refractivity contribution < 1.29 is 4.74 Å². The molecule has 0 spiro atoms. The highest BCUT2D eigenvalue weighted by molar-refractivity contribution is 5.77. The molecule has 0 N–H and O–H groups in total. The SMILES string of the molecule is COc1ncc(-c2ccc(-c3cnc4ccccc4n3)cc2)c(C)n1. The van der Waals surface area contributed by atoms with Crippen LogP contribution in [0.1, 0.15) is 5.69 Å². The van der Waals surface area contributed by atoms with Gasteiger partial charge in [-0.2, -0.15) is 4.98 Å². The van der Waals surface area contributed by atoms with E-state index in [-0.39, 0.29) is 0 Å². The Labute approximate surface area is 145 Å². The first-order valence-corrected chi connectivity index (χ1v) is 7.95. The third-order valence-corrected chi connectivity index (χ3v) is 4.08. The summed E-state index contributed by atoms with van der Waals surface area (Å²) in [5.74, 6) is 0. The molecule has 122 valence electrons. The number of para-hydroxylation sites is 2. The van der Waals surface area contributed by atoms with Gasteiger partial charge in [-0.05, 0) is 24.6 Å². The second-order valence-electron chi connectivity index (χ2n) is 5.68. The van der Waals surface area contributed by atoms with Crippen LogP contribution in [-0.4, -0.2) is 27.0 Å². The Bertz CT molecular complexity index is 1040. The molecule has 25 heavy (non-hydrogen) atoms. The zero-order valence-electron chi connectivity index (χ0n) is 14.0. The lowest BCUT2D eigenvalue weighted by Gasteiger charge is -2.08. The van der Waals surface area contributed by atoms with E-state index in [0.717, 1.165) is 39.1 Å². The maximum atomic E-state index is 5.06. The molecule has 0 fully saturated rings. The molecule has 0 saturated carbocycles. The summed E-state index contributed by atoms with van der Waals surface area (Å²) in [5, 5.41) is 0. The fourth-order valence-electron chi connectivity index (χ4n) is 2.74. The van der Waals surface area contributed by atoms with E-state index in [2.05, 4.69) is 19.9 Å². The molecule has 5 nitrogen and oxygen atoms in total. The number of rotatable bonds is 3.